The summed E-state index contributed by atoms with van der Waals surface area (Å²) in [7, 11) is 0. The Morgan fingerprint density at radius 1 is 1.12 bits per heavy atom. The van der Waals surface area contributed by atoms with Crippen LogP contribution >= 0.6 is 11.6 Å². The van der Waals surface area contributed by atoms with Crippen LogP contribution in [0.3, 0.4) is 0 Å². The molecule has 1 unspecified atom stereocenters. The predicted octanol–water partition coefficient (Wildman–Crippen LogP) is 0.461. The Morgan fingerprint density at radius 3 is 2.36 bits per heavy atom. The molecular formula is C16H15ClK2N2O4. The first-order chi connectivity index (χ1) is 10.6. The van der Waals surface area contributed by atoms with E-state index in [4.69, 9.17) is 11.6 Å². The molecule has 2 aromatic carbocycles. The fraction of sp³-hybridized carbons (Fsp3) is 0.0625. The predicted molar refractivity (Wildman–Crippen MR) is 101 cm³/mol. The van der Waals surface area contributed by atoms with Crippen LogP contribution in [0.5, 0.6) is 0 Å². The molecule has 3 rings (SSSR count). The summed E-state index contributed by atoms with van der Waals surface area (Å²) >= 11 is 6.03. The molecule has 6 nitrogen and oxygen atoms in total. The Kier molecular flexibility index (Phi) is 11.7. The van der Waals surface area contributed by atoms with Gasteiger partial charge in [-0.2, -0.15) is 0 Å². The Morgan fingerprint density at radius 2 is 1.76 bits per heavy atom. The summed E-state index contributed by atoms with van der Waals surface area (Å²) < 4.78 is 0. The van der Waals surface area contributed by atoms with Crippen LogP contribution in [0.2, 0.25) is 5.02 Å². The van der Waals surface area contributed by atoms with E-state index in [-0.39, 0.29) is 108 Å². The number of carbonyl (C=O) groups excluding carboxylic acids is 1. The standard InChI is InChI=1S/C16H11ClN2O3.2K.H2O.2H/c17-10-6-7-12-11(8-10)13(9-4-2-1-3-5-9)19-14(16(21)22)15(20)18-12;;;;;/h1-8,14H,(H,18,20)(H,21,22);;;1H2;;. The van der Waals surface area contributed by atoms with Gasteiger partial charge in [-0.15, -0.1) is 0 Å². The van der Waals surface area contributed by atoms with Crippen LogP contribution < -0.4 is 5.32 Å². The van der Waals surface area contributed by atoms with E-state index in [1.165, 1.54) is 0 Å². The molecule has 0 saturated heterocycles. The molecule has 0 aliphatic carbocycles. The van der Waals surface area contributed by atoms with E-state index < -0.39 is 17.9 Å². The molecule has 0 radical (unpaired) electrons. The van der Waals surface area contributed by atoms with Gasteiger partial charge in [-0.3, -0.25) is 9.79 Å². The maximum atomic E-state index is 12.0. The number of rotatable bonds is 2. The van der Waals surface area contributed by atoms with Gasteiger partial charge in [0, 0.05) is 16.1 Å². The van der Waals surface area contributed by atoms with Gasteiger partial charge in [-0.05, 0) is 18.2 Å². The van der Waals surface area contributed by atoms with Crippen molar-refractivity contribution in [3.63, 3.8) is 0 Å². The van der Waals surface area contributed by atoms with Gasteiger partial charge in [0.1, 0.15) is 0 Å². The zero-order valence-corrected chi connectivity index (χ0v) is 12.5. The Labute approximate surface area is 234 Å². The third-order valence-electron chi connectivity index (χ3n) is 3.28. The van der Waals surface area contributed by atoms with Crippen molar-refractivity contribution in [1.29, 1.82) is 0 Å². The summed E-state index contributed by atoms with van der Waals surface area (Å²) in [6.45, 7) is 0. The first-order valence-corrected chi connectivity index (χ1v) is 6.91. The summed E-state index contributed by atoms with van der Waals surface area (Å²) in [5.41, 5.74) is 2.22. The second-order valence-corrected chi connectivity index (χ2v) is 5.20. The van der Waals surface area contributed by atoms with Gasteiger partial charge in [0.15, 0.2) is 0 Å². The van der Waals surface area contributed by atoms with E-state index in [1.54, 1.807) is 30.3 Å². The van der Waals surface area contributed by atoms with Crippen molar-refractivity contribution in [2.45, 2.75) is 6.04 Å². The Balaban J connectivity index is 0.00000192. The van der Waals surface area contributed by atoms with Crippen molar-refractivity contribution in [2.24, 2.45) is 4.99 Å². The van der Waals surface area contributed by atoms with Crippen LogP contribution in [0, 0.1) is 0 Å². The van der Waals surface area contributed by atoms with Crippen molar-refractivity contribution in [3.8, 4) is 0 Å². The van der Waals surface area contributed by atoms with E-state index in [9.17, 15) is 14.7 Å². The number of hydrogen-bond acceptors (Lipinski definition) is 3. The number of halogens is 1. The molecule has 1 heterocycles. The van der Waals surface area contributed by atoms with Crippen LogP contribution in [0.25, 0.3) is 0 Å². The van der Waals surface area contributed by atoms with E-state index in [2.05, 4.69) is 10.3 Å². The van der Waals surface area contributed by atoms with Gasteiger partial charge in [-0.25, -0.2) is 4.79 Å². The van der Waals surface area contributed by atoms with Crippen LogP contribution in [0.1, 0.15) is 11.1 Å². The van der Waals surface area contributed by atoms with Crippen LogP contribution in [0.4, 0.5) is 5.69 Å². The topological polar surface area (TPSA) is 110 Å². The third-order valence-corrected chi connectivity index (χ3v) is 3.52. The number of benzodiazepines with no additional fused rings is 1. The molecule has 1 aliphatic rings. The number of nitrogens with one attached hydrogen (secondary N) is 1. The number of carboxylic acid groups (broad SMARTS) is 1. The molecule has 2 aromatic rings. The number of aliphatic carboxylic acids is 1. The quantitative estimate of drug-likeness (QED) is 0.552. The molecule has 4 N–H and O–H groups in total. The third kappa shape index (κ3) is 6.03. The Hall–Kier alpha value is 0.573. The van der Waals surface area contributed by atoms with Gasteiger partial charge in [0.05, 0.1) is 11.4 Å². The zero-order chi connectivity index (χ0) is 15.7. The van der Waals surface area contributed by atoms with Crippen molar-refractivity contribution >= 4 is 138 Å². The van der Waals surface area contributed by atoms with E-state index in [0.29, 0.717) is 27.5 Å². The molecule has 0 aromatic heterocycles. The number of hydrogen-bond donors (Lipinski definition) is 2. The molecule has 0 spiro atoms. The number of nitrogens with zero attached hydrogens (tertiary/aromatic N) is 1. The van der Waals surface area contributed by atoms with Gasteiger partial charge < -0.3 is 15.9 Å². The molecule has 0 bridgehead atoms. The molecular weight excluding hydrogens is 398 g/mol. The fourth-order valence-electron chi connectivity index (χ4n) is 2.27. The first-order valence-electron chi connectivity index (χ1n) is 6.53. The van der Waals surface area contributed by atoms with Gasteiger partial charge in [0.25, 0.3) is 5.91 Å². The van der Waals surface area contributed by atoms with Crippen molar-refractivity contribution in [2.75, 3.05) is 5.32 Å². The molecule has 1 amide bonds. The number of fused-ring (bicyclic) bond motifs is 1. The summed E-state index contributed by atoms with van der Waals surface area (Å²) in [6, 6.07) is 12.5. The molecule has 0 saturated carbocycles. The number of benzene rings is 2. The minimum atomic E-state index is -1.50. The summed E-state index contributed by atoms with van der Waals surface area (Å²) in [6.07, 6.45) is 0. The molecule has 25 heavy (non-hydrogen) atoms. The van der Waals surface area contributed by atoms with Crippen molar-refractivity contribution in [1.82, 2.24) is 0 Å². The zero-order valence-electron chi connectivity index (χ0n) is 11.8. The minimum absolute atomic E-state index is 0. The molecule has 9 heteroatoms. The van der Waals surface area contributed by atoms with E-state index in [1.807, 2.05) is 18.2 Å². The normalized spacial score (nSPS) is 15.0. The van der Waals surface area contributed by atoms with Crippen LogP contribution in [-0.2, 0) is 9.59 Å². The summed E-state index contributed by atoms with van der Waals surface area (Å²) in [5.74, 6) is -1.98. The molecule has 1 atom stereocenters. The summed E-state index contributed by atoms with van der Waals surface area (Å²) in [5, 5.41) is 12.3. The van der Waals surface area contributed by atoms with Gasteiger partial charge >= 0.3 is 109 Å². The van der Waals surface area contributed by atoms with E-state index >= 15 is 0 Å². The second kappa shape index (κ2) is 11.4. The first kappa shape index (κ1) is 25.6. The molecule has 122 valence electrons. The van der Waals surface area contributed by atoms with Crippen molar-refractivity contribution in [3.05, 3.63) is 64.7 Å². The Bertz CT molecular complexity index is 800. The number of carbonyl (C=O) groups is 2. The second-order valence-electron chi connectivity index (χ2n) is 4.76. The average molecular weight is 413 g/mol. The number of amides is 1. The summed E-state index contributed by atoms with van der Waals surface area (Å²) in [4.78, 5) is 27.5. The number of carboxylic acids is 1. The monoisotopic (exact) mass is 412 g/mol. The number of aliphatic imine (C=N–C) groups is 1. The molecule has 0 fully saturated rings. The number of anilines is 1. The van der Waals surface area contributed by atoms with Crippen LogP contribution in [0.15, 0.2) is 53.5 Å². The average Bonchev–Trinajstić information content (AvgIpc) is 2.64. The maximum absolute atomic E-state index is 12.0. The van der Waals surface area contributed by atoms with Gasteiger partial charge in [-0.1, -0.05) is 41.9 Å². The molecule has 1 aliphatic heterocycles. The van der Waals surface area contributed by atoms with Crippen molar-refractivity contribution < 1.29 is 20.2 Å². The fourth-order valence-corrected chi connectivity index (χ4v) is 2.45. The SMILES string of the molecule is O.O=C(O)C1N=C(c2ccccc2)c2cc(Cl)ccc2NC1=O.[KH].[KH]. The van der Waals surface area contributed by atoms with E-state index in [0.717, 1.165) is 0 Å². The van der Waals surface area contributed by atoms with Gasteiger partial charge in [0.2, 0.25) is 6.04 Å². The van der Waals surface area contributed by atoms with Crippen LogP contribution in [-0.4, -0.2) is 137 Å².